The Labute approximate surface area is 104 Å². The van der Waals surface area contributed by atoms with Gasteiger partial charge >= 0.3 is 0 Å². The number of methoxy groups -OCH3 is 1. The zero-order chi connectivity index (χ0) is 12.7. The van der Waals surface area contributed by atoms with Gasteiger partial charge in [-0.1, -0.05) is 25.1 Å². The minimum atomic E-state index is -0.416. The molecule has 1 unspecified atom stereocenters. The van der Waals surface area contributed by atoms with Crippen molar-refractivity contribution in [3.63, 3.8) is 0 Å². The topological polar surface area (TPSA) is 44.5 Å². The Bertz CT molecular complexity index is 337. The number of nitrogens with two attached hydrogens (primary N) is 1. The van der Waals surface area contributed by atoms with Gasteiger partial charge in [-0.2, -0.15) is 0 Å². The molecule has 3 heteroatoms. The molecule has 0 saturated carbocycles. The first-order valence-electron chi connectivity index (χ1n) is 6.12. The van der Waals surface area contributed by atoms with E-state index in [0.29, 0.717) is 6.61 Å². The van der Waals surface area contributed by atoms with Crippen molar-refractivity contribution in [3.05, 3.63) is 29.8 Å². The van der Waals surface area contributed by atoms with Gasteiger partial charge in [0.1, 0.15) is 5.75 Å². The summed E-state index contributed by atoms with van der Waals surface area (Å²) in [6.07, 6.45) is 1.77. The third-order valence-corrected chi connectivity index (χ3v) is 2.79. The highest BCUT2D eigenvalue weighted by molar-refractivity contribution is 5.38. The lowest BCUT2D eigenvalue weighted by Crippen LogP contribution is -2.34. The standard InChI is InChI=1S/C14H23NO2/c1-4-10-17-13-8-6-5-7-12(13)14(2,15)9-11-16-3/h5-8H,4,9-11,15H2,1-3H3. The summed E-state index contributed by atoms with van der Waals surface area (Å²) < 4.78 is 10.8. The second kappa shape index (κ2) is 6.62. The molecule has 0 fully saturated rings. The van der Waals surface area contributed by atoms with E-state index in [1.54, 1.807) is 7.11 Å². The van der Waals surface area contributed by atoms with Gasteiger partial charge < -0.3 is 15.2 Å². The van der Waals surface area contributed by atoms with Crippen LogP contribution in [0.3, 0.4) is 0 Å². The normalized spacial score (nSPS) is 14.4. The molecule has 2 N–H and O–H groups in total. The Kier molecular flexibility index (Phi) is 5.45. The zero-order valence-corrected chi connectivity index (χ0v) is 11.0. The van der Waals surface area contributed by atoms with Crippen LogP contribution in [0.4, 0.5) is 0 Å². The van der Waals surface area contributed by atoms with Gasteiger partial charge in [0.25, 0.3) is 0 Å². The lowest BCUT2D eigenvalue weighted by atomic mass is 9.89. The minimum absolute atomic E-state index is 0.416. The lowest BCUT2D eigenvalue weighted by molar-refractivity contribution is 0.170. The molecule has 0 heterocycles. The van der Waals surface area contributed by atoms with Crippen molar-refractivity contribution in [3.8, 4) is 5.75 Å². The van der Waals surface area contributed by atoms with Crippen molar-refractivity contribution in [2.24, 2.45) is 5.73 Å². The van der Waals surface area contributed by atoms with Gasteiger partial charge in [-0.15, -0.1) is 0 Å². The van der Waals surface area contributed by atoms with Gasteiger partial charge in [0.2, 0.25) is 0 Å². The quantitative estimate of drug-likeness (QED) is 0.793. The second-order valence-electron chi connectivity index (χ2n) is 4.50. The van der Waals surface area contributed by atoms with E-state index < -0.39 is 5.54 Å². The predicted molar refractivity (Wildman–Crippen MR) is 70.3 cm³/mol. The Hall–Kier alpha value is -1.06. The van der Waals surface area contributed by atoms with Crippen LogP contribution in [0.5, 0.6) is 5.75 Å². The van der Waals surface area contributed by atoms with Crippen molar-refractivity contribution in [1.82, 2.24) is 0 Å². The SMILES string of the molecule is CCCOc1ccccc1C(C)(N)CCOC. The number of para-hydroxylation sites is 1. The van der Waals surface area contributed by atoms with Gasteiger partial charge in [0.05, 0.1) is 6.61 Å². The summed E-state index contributed by atoms with van der Waals surface area (Å²) in [5, 5.41) is 0. The minimum Gasteiger partial charge on any atom is -0.493 e. The van der Waals surface area contributed by atoms with Crippen LogP contribution in [0, 0.1) is 0 Å². The molecule has 96 valence electrons. The number of benzene rings is 1. The third-order valence-electron chi connectivity index (χ3n) is 2.79. The summed E-state index contributed by atoms with van der Waals surface area (Å²) >= 11 is 0. The first kappa shape index (κ1) is 14.0. The molecular formula is C14H23NO2. The maximum absolute atomic E-state index is 6.34. The summed E-state index contributed by atoms with van der Waals surface area (Å²) in [4.78, 5) is 0. The van der Waals surface area contributed by atoms with Gasteiger partial charge in [-0.3, -0.25) is 0 Å². The maximum Gasteiger partial charge on any atom is 0.124 e. The van der Waals surface area contributed by atoms with E-state index >= 15 is 0 Å². The molecule has 1 aromatic rings. The van der Waals surface area contributed by atoms with E-state index in [4.69, 9.17) is 15.2 Å². The van der Waals surface area contributed by atoms with Gasteiger partial charge in [-0.25, -0.2) is 0 Å². The van der Waals surface area contributed by atoms with Crippen LogP contribution in [-0.4, -0.2) is 20.3 Å². The van der Waals surface area contributed by atoms with Crippen molar-refractivity contribution in [1.29, 1.82) is 0 Å². The van der Waals surface area contributed by atoms with Gasteiger partial charge in [-0.05, 0) is 25.8 Å². The largest absolute Gasteiger partial charge is 0.493 e. The van der Waals surface area contributed by atoms with Gasteiger partial charge in [0.15, 0.2) is 0 Å². The van der Waals surface area contributed by atoms with Crippen LogP contribution < -0.4 is 10.5 Å². The molecule has 0 aliphatic heterocycles. The molecule has 1 rings (SSSR count). The number of ether oxygens (including phenoxy) is 2. The number of hydrogen-bond donors (Lipinski definition) is 1. The Balaban J connectivity index is 2.86. The average Bonchev–Trinajstić information content (AvgIpc) is 2.34. The monoisotopic (exact) mass is 237 g/mol. The predicted octanol–water partition coefficient (Wildman–Crippen LogP) is 2.69. The zero-order valence-electron chi connectivity index (χ0n) is 11.0. The fourth-order valence-electron chi connectivity index (χ4n) is 1.73. The molecular weight excluding hydrogens is 214 g/mol. The maximum atomic E-state index is 6.34. The van der Waals surface area contributed by atoms with Crippen LogP contribution in [0.2, 0.25) is 0 Å². The fraction of sp³-hybridized carbons (Fsp3) is 0.571. The summed E-state index contributed by atoms with van der Waals surface area (Å²) in [5.41, 5.74) is 6.97. The molecule has 0 spiro atoms. The number of hydrogen-bond acceptors (Lipinski definition) is 3. The van der Waals surface area contributed by atoms with Crippen molar-refractivity contribution >= 4 is 0 Å². The van der Waals surface area contributed by atoms with Crippen molar-refractivity contribution < 1.29 is 9.47 Å². The van der Waals surface area contributed by atoms with Crippen LogP contribution >= 0.6 is 0 Å². The molecule has 1 atom stereocenters. The first-order chi connectivity index (χ1) is 8.11. The molecule has 0 aliphatic rings. The smallest absolute Gasteiger partial charge is 0.124 e. The number of rotatable bonds is 7. The molecule has 0 saturated heterocycles. The molecule has 17 heavy (non-hydrogen) atoms. The molecule has 0 bridgehead atoms. The van der Waals surface area contributed by atoms with E-state index in [1.807, 2.05) is 31.2 Å². The van der Waals surface area contributed by atoms with Crippen LogP contribution in [-0.2, 0) is 10.3 Å². The van der Waals surface area contributed by atoms with Crippen LogP contribution in [0.25, 0.3) is 0 Å². The second-order valence-corrected chi connectivity index (χ2v) is 4.50. The Morgan fingerprint density at radius 3 is 2.59 bits per heavy atom. The Morgan fingerprint density at radius 1 is 1.24 bits per heavy atom. The highest BCUT2D eigenvalue weighted by Crippen LogP contribution is 2.30. The fourth-order valence-corrected chi connectivity index (χ4v) is 1.73. The van der Waals surface area contributed by atoms with Crippen LogP contribution in [0.1, 0.15) is 32.3 Å². The van der Waals surface area contributed by atoms with E-state index in [1.165, 1.54) is 0 Å². The van der Waals surface area contributed by atoms with Crippen LogP contribution in [0.15, 0.2) is 24.3 Å². The van der Waals surface area contributed by atoms with E-state index in [9.17, 15) is 0 Å². The molecule has 3 nitrogen and oxygen atoms in total. The average molecular weight is 237 g/mol. The van der Waals surface area contributed by atoms with E-state index in [0.717, 1.165) is 30.8 Å². The summed E-state index contributed by atoms with van der Waals surface area (Å²) in [6.45, 7) is 5.47. The van der Waals surface area contributed by atoms with Gasteiger partial charge in [0, 0.05) is 24.8 Å². The summed E-state index contributed by atoms with van der Waals surface area (Å²) in [5.74, 6) is 0.885. The van der Waals surface area contributed by atoms with Crippen molar-refractivity contribution in [2.75, 3.05) is 20.3 Å². The van der Waals surface area contributed by atoms with E-state index in [2.05, 4.69) is 6.92 Å². The van der Waals surface area contributed by atoms with E-state index in [-0.39, 0.29) is 0 Å². The highest BCUT2D eigenvalue weighted by atomic mass is 16.5. The lowest BCUT2D eigenvalue weighted by Gasteiger charge is -2.27. The molecule has 0 aromatic heterocycles. The molecule has 1 aromatic carbocycles. The highest BCUT2D eigenvalue weighted by Gasteiger charge is 2.24. The Morgan fingerprint density at radius 2 is 1.94 bits per heavy atom. The van der Waals surface area contributed by atoms with Crippen molar-refractivity contribution in [2.45, 2.75) is 32.2 Å². The summed E-state index contributed by atoms with van der Waals surface area (Å²) in [6, 6.07) is 7.97. The third kappa shape index (κ3) is 4.02. The summed E-state index contributed by atoms with van der Waals surface area (Å²) in [7, 11) is 1.69. The molecule has 0 amide bonds. The first-order valence-corrected chi connectivity index (χ1v) is 6.12. The molecule has 0 aliphatic carbocycles. The molecule has 0 radical (unpaired) electrons.